The number of methoxy groups -OCH3 is 1. The average molecular weight is 701 g/mol. The fourth-order valence-corrected chi connectivity index (χ4v) is 5.34. The topological polar surface area (TPSA) is 169 Å². The normalized spacial score (nSPS) is 17.3. The number of aromatic nitrogens is 2. The molecule has 1 saturated carbocycles. The van der Waals surface area contributed by atoms with Gasteiger partial charge in [0.2, 0.25) is 11.7 Å². The molecule has 0 unspecified atom stereocenters. The summed E-state index contributed by atoms with van der Waals surface area (Å²) in [6.07, 6.45) is -2.21. The Balaban J connectivity index is 0.000000671. The number of nitrogens with one attached hydrogen (secondary N) is 2. The van der Waals surface area contributed by atoms with Crippen LogP contribution < -0.4 is 21.1 Å². The minimum absolute atomic E-state index is 0.00513. The van der Waals surface area contributed by atoms with Gasteiger partial charge in [-0.05, 0) is 55.6 Å². The number of benzene rings is 2. The van der Waals surface area contributed by atoms with Gasteiger partial charge >= 0.3 is 12.1 Å². The molecule has 5 N–H and O–H groups in total. The van der Waals surface area contributed by atoms with Crippen LogP contribution in [-0.4, -0.2) is 82.2 Å². The van der Waals surface area contributed by atoms with Crippen molar-refractivity contribution in [2.45, 2.75) is 25.1 Å². The monoisotopic (exact) mass is 700 g/mol. The number of rotatable bonds is 8. The Hall–Kier alpha value is -4.77. The second-order valence-electron chi connectivity index (χ2n) is 11.1. The van der Waals surface area contributed by atoms with E-state index in [4.69, 9.17) is 32.0 Å². The molecule has 5 rings (SSSR count). The number of carbonyl (C=O) groups excluding carboxylic acids is 3. The molecule has 0 atom stereocenters. The molecule has 2 fully saturated rings. The van der Waals surface area contributed by atoms with Gasteiger partial charge < -0.3 is 35.7 Å². The molecule has 1 aromatic heterocycles. The summed E-state index contributed by atoms with van der Waals surface area (Å²) in [6, 6.07) is 7.00. The van der Waals surface area contributed by atoms with E-state index < -0.39 is 29.7 Å². The van der Waals surface area contributed by atoms with E-state index in [0.29, 0.717) is 31.2 Å². The van der Waals surface area contributed by atoms with E-state index in [2.05, 4.69) is 15.6 Å². The van der Waals surface area contributed by atoms with Crippen LogP contribution in [0.2, 0.25) is 5.02 Å². The van der Waals surface area contributed by atoms with E-state index in [1.54, 1.807) is 4.90 Å². The van der Waals surface area contributed by atoms with Crippen LogP contribution in [0, 0.1) is 23.5 Å². The number of amides is 3. The van der Waals surface area contributed by atoms with Crippen LogP contribution in [0.15, 0.2) is 36.5 Å². The molecule has 3 aromatic rings. The lowest BCUT2D eigenvalue weighted by molar-refractivity contribution is -0.192. The molecule has 2 aliphatic rings. The van der Waals surface area contributed by atoms with Crippen molar-refractivity contribution in [3.05, 3.63) is 64.6 Å². The number of aliphatic carboxylic acids is 1. The van der Waals surface area contributed by atoms with Gasteiger partial charge in [0.05, 0.1) is 35.6 Å². The molecule has 0 bridgehead atoms. The molecule has 1 aliphatic heterocycles. The van der Waals surface area contributed by atoms with Crippen molar-refractivity contribution in [1.82, 2.24) is 19.8 Å². The van der Waals surface area contributed by atoms with E-state index in [9.17, 15) is 36.3 Å². The van der Waals surface area contributed by atoms with E-state index >= 15 is 0 Å². The summed E-state index contributed by atoms with van der Waals surface area (Å²) >= 11 is 6.38. The molecule has 1 aliphatic carbocycles. The van der Waals surface area contributed by atoms with Crippen LogP contribution in [0.4, 0.5) is 27.6 Å². The van der Waals surface area contributed by atoms with Gasteiger partial charge in [0.1, 0.15) is 0 Å². The summed E-state index contributed by atoms with van der Waals surface area (Å²) in [5.74, 6) is -5.81. The maximum absolute atomic E-state index is 14.6. The van der Waals surface area contributed by atoms with Crippen molar-refractivity contribution >= 4 is 41.0 Å². The van der Waals surface area contributed by atoms with Crippen molar-refractivity contribution in [2.75, 3.05) is 32.1 Å². The van der Waals surface area contributed by atoms with Crippen molar-refractivity contribution < 1.29 is 51.0 Å². The first kappa shape index (κ1) is 36.1. The van der Waals surface area contributed by atoms with Crippen molar-refractivity contribution in [3.63, 3.8) is 0 Å². The SMILES string of the molecule is COc1ccc(-c2cnc(C(=O)Nc3ccc(C(=O)N4CC(NC(=O)C5CC(CN)C5)C4)c(Cl)c3)n2C)c(F)c1F.O=C(O)C(F)(F)F. The lowest BCUT2D eigenvalue weighted by atomic mass is 9.74. The number of hydrogen-bond donors (Lipinski definition) is 4. The zero-order chi connectivity index (χ0) is 35.5. The highest BCUT2D eigenvalue weighted by molar-refractivity contribution is 6.34. The van der Waals surface area contributed by atoms with Gasteiger partial charge in [-0.3, -0.25) is 14.4 Å². The number of imidazole rings is 1. The first-order valence-electron chi connectivity index (χ1n) is 14.3. The second-order valence-corrected chi connectivity index (χ2v) is 11.5. The summed E-state index contributed by atoms with van der Waals surface area (Å²) in [5, 5.41) is 12.9. The smallest absolute Gasteiger partial charge is 0.490 e. The second kappa shape index (κ2) is 14.6. The summed E-state index contributed by atoms with van der Waals surface area (Å²) < 4.78 is 66.7. The van der Waals surface area contributed by atoms with Crippen molar-refractivity contribution in [3.8, 4) is 17.0 Å². The maximum Gasteiger partial charge on any atom is 0.490 e. The third-order valence-electron chi connectivity index (χ3n) is 7.89. The molecule has 48 heavy (non-hydrogen) atoms. The first-order chi connectivity index (χ1) is 22.5. The van der Waals surface area contributed by atoms with E-state index in [1.165, 1.54) is 55.3 Å². The summed E-state index contributed by atoms with van der Waals surface area (Å²) in [5.41, 5.74) is 6.29. The largest absolute Gasteiger partial charge is 0.494 e. The number of alkyl halides is 3. The van der Waals surface area contributed by atoms with Gasteiger partial charge in [-0.15, -0.1) is 0 Å². The van der Waals surface area contributed by atoms with Crippen LogP contribution in [0.1, 0.15) is 33.8 Å². The lowest BCUT2D eigenvalue weighted by Crippen LogP contribution is -2.62. The lowest BCUT2D eigenvalue weighted by Gasteiger charge is -2.41. The van der Waals surface area contributed by atoms with E-state index in [0.717, 1.165) is 12.8 Å². The molecule has 1 saturated heterocycles. The molecule has 18 heteroatoms. The number of carboxylic acid groups (broad SMARTS) is 1. The Morgan fingerprint density at radius 3 is 2.31 bits per heavy atom. The number of likely N-dealkylation sites (tertiary alicyclic amines) is 1. The Kier molecular flexibility index (Phi) is 10.9. The predicted molar refractivity (Wildman–Crippen MR) is 161 cm³/mol. The number of ether oxygens (including phenoxy) is 1. The summed E-state index contributed by atoms with van der Waals surface area (Å²) in [4.78, 5) is 52.7. The fraction of sp³-hybridized carbons (Fsp3) is 0.367. The Morgan fingerprint density at radius 1 is 1.10 bits per heavy atom. The number of anilines is 1. The molecule has 3 amide bonds. The molecule has 12 nitrogen and oxygen atoms in total. The van der Waals surface area contributed by atoms with Crippen LogP contribution in [0.5, 0.6) is 5.75 Å². The number of carboxylic acids is 1. The van der Waals surface area contributed by atoms with Gasteiger partial charge in [0.25, 0.3) is 11.8 Å². The fourth-order valence-electron chi connectivity index (χ4n) is 5.08. The number of nitrogens with zero attached hydrogens (tertiary/aromatic N) is 3. The highest BCUT2D eigenvalue weighted by Gasteiger charge is 2.39. The number of halogens is 6. The van der Waals surface area contributed by atoms with Gasteiger partial charge in [0.15, 0.2) is 17.4 Å². The van der Waals surface area contributed by atoms with Crippen LogP contribution in [0.3, 0.4) is 0 Å². The third-order valence-corrected chi connectivity index (χ3v) is 8.20. The van der Waals surface area contributed by atoms with Gasteiger partial charge in [0, 0.05) is 37.3 Å². The van der Waals surface area contributed by atoms with Gasteiger partial charge in [-0.25, -0.2) is 14.2 Å². The number of nitrogens with two attached hydrogens (primary N) is 1. The maximum atomic E-state index is 14.6. The number of carbonyl (C=O) groups is 4. The molecule has 0 radical (unpaired) electrons. The van der Waals surface area contributed by atoms with Crippen molar-refractivity contribution in [2.24, 2.45) is 24.6 Å². The van der Waals surface area contributed by atoms with Crippen LogP contribution in [-0.2, 0) is 16.6 Å². The molecule has 258 valence electrons. The van der Waals surface area contributed by atoms with Crippen LogP contribution >= 0.6 is 11.6 Å². The highest BCUT2D eigenvalue weighted by atomic mass is 35.5. The van der Waals surface area contributed by atoms with Crippen molar-refractivity contribution in [1.29, 1.82) is 0 Å². The average Bonchev–Trinajstić information content (AvgIpc) is 3.36. The molecular formula is C30H30ClF5N6O6. The first-order valence-corrected chi connectivity index (χ1v) is 14.7. The predicted octanol–water partition coefficient (Wildman–Crippen LogP) is 3.84. The zero-order valence-electron chi connectivity index (χ0n) is 25.4. The molecular weight excluding hydrogens is 671 g/mol. The molecule has 2 aromatic carbocycles. The third kappa shape index (κ3) is 7.84. The van der Waals surface area contributed by atoms with E-state index in [1.807, 2.05) is 0 Å². The molecule has 0 spiro atoms. The van der Waals surface area contributed by atoms with Crippen LogP contribution in [0.25, 0.3) is 11.3 Å². The van der Waals surface area contributed by atoms with Gasteiger partial charge in [-0.2, -0.15) is 17.6 Å². The Morgan fingerprint density at radius 2 is 1.75 bits per heavy atom. The van der Waals surface area contributed by atoms with Gasteiger partial charge in [-0.1, -0.05) is 11.6 Å². The molecule has 2 heterocycles. The summed E-state index contributed by atoms with van der Waals surface area (Å²) in [6.45, 7) is 1.36. The minimum Gasteiger partial charge on any atom is -0.494 e. The Bertz CT molecular complexity index is 1720. The highest BCUT2D eigenvalue weighted by Crippen LogP contribution is 2.33. The minimum atomic E-state index is -5.08. The quantitative estimate of drug-likeness (QED) is 0.257. The Labute approximate surface area is 275 Å². The standard InChI is InChI=1S/C28H29ClF2N6O4.C2HF3O2/c1-36-21(19-5-6-22(41-2)24(31)23(19)30)11-33-25(36)27(39)34-16-3-4-18(20(29)9-16)28(40)37-12-17(13-37)35-26(38)15-7-14(8-15)10-32;3-2(4,5)1(6)7/h3-6,9,11,14-15,17H,7-8,10,12-13,32H2,1-2H3,(H,34,39)(H,35,38);(H,6,7). The zero-order valence-corrected chi connectivity index (χ0v) is 26.2. The summed E-state index contributed by atoms with van der Waals surface area (Å²) in [7, 11) is 2.73. The number of hydrogen-bond acceptors (Lipinski definition) is 7. The van der Waals surface area contributed by atoms with E-state index in [-0.39, 0.29) is 57.2 Å².